The maximum Gasteiger partial charge on any atom is 0.295 e. The minimum Gasteiger partial charge on any atom is -0.507 e. The third kappa shape index (κ3) is 4.02. The number of carbonyl (C=O) groups excluding carboxylic acids is 2. The maximum atomic E-state index is 13.3. The molecule has 0 spiro atoms. The number of amides is 1. The average Bonchev–Trinajstić information content (AvgIpc) is 3.42. The summed E-state index contributed by atoms with van der Waals surface area (Å²) in [5, 5.41) is 15.9. The van der Waals surface area contributed by atoms with Crippen molar-refractivity contribution in [1.29, 1.82) is 0 Å². The highest BCUT2D eigenvalue weighted by atomic mass is 16.5. The first-order valence-electron chi connectivity index (χ1n) is 11.4. The molecule has 8 nitrogen and oxygen atoms in total. The van der Waals surface area contributed by atoms with Crippen molar-refractivity contribution in [1.82, 2.24) is 19.7 Å². The van der Waals surface area contributed by atoms with E-state index in [2.05, 4.69) is 10.1 Å². The molecule has 2 aromatic carbocycles. The average molecular weight is 481 g/mol. The molecule has 4 aromatic rings. The molecular formula is C28H24N4O4. The van der Waals surface area contributed by atoms with Crippen molar-refractivity contribution in [3.8, 4) is 11.4 Å². The number of Topliss-reactive ketones (excluding diaryl/α,β-unsaturated/α-hetero) is 1. The largest absolute Gasteiger partial charge is 0.507 e. The highest BCUT2D eigenvalue weighted by molar-refractivity contribution is 6.46. The molecule has 1 saturated heterocycles. The number of aliphatic hydroxyl groups is 1. The zero-order valence-electron chi connectivity index (χ0n) is 19.8. The number of likely N-dealkylation sites (tertiary alicyclic amines) is 1. The summed E-state index contributed by atoms with van der Waals surface area (Å²) in [6, 6.07) is 19.4. The van der Waals surface area contributed by atoms with Crippen LogP contribution in [0.2, 0.25) is 0 Å². The van der Waals surface area contributed by atoms with Crippen LogP contribution in [0.25, 0.3) is 11.4 Å². The van der Waals surface area contributed by atoms with Crippen LogP contribution in [0, 0.1) is 6.92 Å². The van der Waals surface area contributed by atoms with Gasteiger partial charge in [-0.05, 0) is 48.4 Å². The molecule has 2 aromatic heterocycles. The van der Waals surface area contributed by atoms with Crippen LogP contribution in [-0.2, 0) is 16.1 Å². The van der Waals surface area contributed by atoms with Crippen molar-refractivity contribution in [2.75, 3.05) is 7.11 Å². The number of para-hydroxylation sites is 1. The van der Waals surface area contributed by atoms with Gasteiger partial charge in [0.15, 0.2) is 0 Å². The van der Waals surface area contributed by atoms with E-state index in [1.807, 2.05) is 43.3 Å². The predicted octanol–water partition coefficient (Wildman–Crippen LogP) is 4.21. The molecule has 3 heterocycles. The molecule has 0 radical (unpaired) electrons. The van der Waals surface area contributed by atoms with Gasteiger partial charge in [0, 0.05) is 18.9 Å². The Labute approximate surface area is 208 Å². The minimum absolute atomic E-state index is 0.0183. The first kappa shape index (κ1) is 23.0. The number of ether oxygens (including phenoxy) is 1. The van der Waals surface area contributed by atoms with Crippen LogP contribution in [0.4, 0.5) is 0 Å². The SMILES string of the molecule is COc1ccc(C2/C(=C(\O)c3cnn(-c4ccccc4)c3C)C(=O)C(=O)N2Cc2cccnc2)cc1. The van der Waals surface area contributed by atoms with E-state index in [9.17, 15) is 14.7 Å². The highest BCUT2D eigenvalue weighted by Crippen LogP contribution is 2.41. The molecule has 1 atom stereocenters. The minimum atomic E-state index is -0.796. The van der Waals surface area contributed by atoms with Gasteiger partial charge in [0.25, 0.3) is 11.7 Å². The van der Waals surface area contributed by atoms with Crippen LogP contribution in [0.15, 0.2) is 90.9 Å². The van der Waals surface area contributed by atoms with E-state index < -0.39 is 17.7 Å². The van der Waals surface area contributed by atoms with Gasteiger partial charge in [-0.25, -0.2) is 4.68 Å². The molecule has 0 aliphatic carbocycles. The predicted molar refractivity (Wildman–Crippen MR) is 133 cm³/mol. The number of hydrogen-bond acceptors (Lipinski definition) is 6. The summed E-state index contributed by atoms with van der Waals surface area (Å²) in [6.45, 7) is 1.97. The molecule has 180 valence electrons. The Hall–Kier alpha value is -4.72. The Morgan fingerprint density at radius 1 is 1.00 bits per heavy atom. The first-order valence-corrected chi connectivity index (χ1v) is 11.4. The normalized spacial score (nSPS) is 16.9. The van der Waals surface area contributed by atoms with Gasteiger partial charge in [0.2, 0.25) is 0 Å². The Morgan fingerprint density at radius 3 is 2.42 bits per heavy atom. The molecule has 1 aliphatic rings. The number of carbonyl (C=O) groups is 2. The Morgan fingerprint density at radius 2 is 1.75 bits per heavy atom. The van der Waals surface area contributed by atoms with Crippen molar-refractivity contribution in [3.63, 3.8) is 0 Å². The Kier molecular flexibility index (Phi) is 6.08. The molecule has 1 unspecified atom stereocenters. The summed E-state index contributed by atoms with van der Waals surface area (Å²) in [5.74, 6) is -1.05. The summed E-state index contributed by atoms with van der Waals surface area (Å²) < 4.78 is 6.96. The van der Waals surface area contributed by atoms with E-state index in [1.54, 1.807) is 54.5 Å². The van der Waals surface area contributed by atoms with E-state index in [4.69, 9.17) is 4.74 Å². The number of aliphatic hydroxyl groups excluding tert-OH is 1. The fraction of sp³-hybridized carbons (Fsp3) is 0.143. The van der Waals surface area contributed by atoms with Gasteiger partial charge < -0.3 is 14.7 Å². The summed E-state index contributed by atoms with van der Waals surface area (Å²) in [5.41, 5.74) is 3.31. The maximum absolute atomic E-state index is 13.3. The quantitative estimate of drug-likeness (QED) is 0.252. The number of benzene rings is 2. The van der Waals surface area contributed by atoms with E-state index >= 15 is 0 Å². The third-order valence-electron chi connectivity index (χ3n) is 6.31. The van der Waals surface area contributed by atoms with Crippen molar-refractivity contribution in [2.24, 2.45) is 0 Å². The zero-order valence-corrected chi connectivity index (χ0v) is 19.8. The monoisotopic (exact) mass is 480 g/mol. The number of aromatic nitrogens is 3. The Balaban J connectivity index is 1.64. The van der Waals surface area contributed by atoms with E-state index in [-0.39, 0.29) is 17.9 Å². The van der Waals surface area contributed by atoms with Crippen LogP contribution in [0.3, 0.4) is 0 Å². The second-order valence-electron chi connectivity index (χ2n) is 8.45. The molecule has 1 amide bonds. The van der Waals surface area contributed by atoms with E-state index in [0.717, 1.165) is 11.3 Å². The zero-order chi connectivity index (χ0) is 25.2. The molecular weight excluding hydrogens is 456 g/mol. The fourth-order valence-electron chi connectivity index (χ4n) is 4.48. The molecule has 5 rings (SSSR count). The van der Waals surface area contributed by atoms with E-state index in [1.165, 1.54) is 11.1 Å². The number of methoxy groups -OCH3 is 1. The van der Waals surface area contributed by atoms with Gasteiger partial charge in [0.1, 0.15) is 11.5 Å². The first-order chi connectivity index (χ1) is 17.5. The third-order valence-corrected chi connectivity index (χ3v) is 6.31. The lowest BCUT2D eigenvalue weighted by Gasteiger charge is -2.25. The van der Waals surface area contributed by atoms with Gasteiger partial charge in [-0.1, -0.05) is 36.4 Å². The van der Waals surface area contributed by atoms with Crippen molar-refractivity contribution in [2.45, 2.75) is 19.5 Å². The molecule has 1 aliphatic heterocycles. The molecule has 0 bridgehead atoms. The van der Waals surface area contributed by atoms with Gasteiger partial charge >= 0.3 is 0 Å². The summed E-state index contributed by atoms with van der Waals surface area (Å²) >= 11 is 0. The van der Waals surface area contributed by atoms with Gasteiger partial charge in [-0.3, -0.25) is 14.6 Å². The molecule has 36 heavy (non-hydrogen) atoms. The lowest BCUT2D eigenvalue weighted by atomic mass is 9.95. The lowest BCUT2D eigenvalue weighted by molar-refractivity contribution is -0.140. The smallest absolute Gasteiger partial charge is 0.295 e. The van der Waals surface area contributed by atoms with Crippen molar-refractivity contribution in [3.05, 3.63) is 113 Å². The summed E-state index contributed by atoms with van der Waals surface area (Å²) in [6.07, 6.45) is 4.81. The standard InChI is InChI=1S/C28H24N4O4/c1-18-23(16-30-32(18)21-8-4-3-5-9-21)26(33)24-25(20-10-12-22(36-2)13-11-20)31(28(35)27(24)34)17-19-7-6-14-29-15-19/h3-16,25,33H,17H2,1-2H3/b26-24+. The molecule has 0 saturated carbocycles. The van der Waals surface area contributed by atoms with Crippen LogP contribution in [0.1, 0.15) is 28.4 Å². The molecule has 8 heteroatoms. The highest BCUT2D eigenvalue weighted by Gasteiger charge is 2.46. The van der Waals surface area contributed by atoms with Crippen LogP contribution in [-0.4, -0.2) is 43.6 Å². The van der Waals surface area contributed by atoms with Crippen molar-refractivity contribution >= 4 is 17.4 Å². The van der Waals surface area contributed by atoms with Crippen LogP contribution >= 0.6 is 0 Å². The van der Waals surface area contributed by atoms with Crippen molar-refractivity contribution < 1.29 is 19.4 Å². The number of rotatable bonds is 6. The fourth-order valence-corrected chi connectivity index (χ4v) is 4.48. The van der Waals surface area contributed by atoms with Gasteiger partial charge in [-0.15, -0.1) is 0 Å². The second kappa shape index (κ2) is 9.50. The number of ketones is 1. The van der Waals surface area contributed by atoms with Crippen LogP contribution in [0.5, 0.6) is 5.75 Å². The number of hydrogen-bond donors (Lipinski definition) is 1. The van der Waals surface area contributed by atoms with Crippen LogP contribution < -0.4 is 4.74 Å². The number of pyridine rings is 1. The second-order valence-corrected chi connectivity index (χ2v) is 8.45. The van der Waals surface area contributed by atoms with Gasteiger partial charge in [0.05, 0.1) is 41.9 Å². The topological polar surface area (TPSA) is 97.5 Å². The molecule has 1 N–H and O–H groups in total. The lowest BCUT2D eigenvalue weighted by Crippen LogP contribution is -2.29. The Bertz CT molecular complexity index is 1440. The summed E-state index contributed by atoms with van der Waals surface area (Å²) in [4.78, 5) is 32.2. The van der Waals surface area contributed by atoms with E-state index in [0.29, 0.717) is 22.6 Å². The summed E-state index contributed by atoms with van der Waals surface area (Å²) in [7, 11) is 1.57. The number of nitrogens with zero attached hydrogens (tertiary/aromatic N) is 4. The molecule has 1 fully saturated rings. The van der Waals surface area contributed by atoms with Gasteiger partial charge in [-0.2, -0.15) is 5.10 Å².